The first kappa shape index (κ1) is 21.3. The highest BCUT2D eigenvalue weighted by Crippen LogP contribution is 2.24. The summed E-state index contributed by atoms with van der Waals surface area (Å²) in [5.41, 5.74) is 2.34. The Morgan fingerprint density at radius 1 is 1.31 bits per heavy atom. The van der Waals surface area contributed by atoms with E-state index in [4.69, 9.17) is 4.74 Å². The van der Waals surface area contributed by atoms with Gasteiger partial charge in [-0.1, -0.05) is 42.5 Å². The van der Waals surface area contributed by atoms with Crippen molar-refractivity contribution in [2.75, 3.05) is 53.4 Å². The van der Waals surface area contributed by atoms with Crippen molar-refractivity contribution in [1.29, 1.82) is 0 Å². The monoisotopic (exact) mass is 399 g/mol. The Kier molecular flexibility index (Phi) is 7.28. The van der Waals surface area contributed by atoms with Gasteiger partial charge in [0, 0.05) is 46.8 Å². The van der Waals surface area contributed by atoms with Gasteiger partial charge in [-0.05, 0) is 12.5 Å². The third kappa shape index (κ3) is 5.81. The molecule has 1 aromatic rings. The zero-order valence-corrected chi connectivity index (χ0v) is 17.8. The predicted octanol–water partition coefficient (Wildman–Crippen LogP) is 1.18. The summed E-state index contributed by atoms with van der Waals surface area (Å²) < 4.78 is 6.08. The number of benzene rings is 1. The van der Waals surface area contributed by atoms with Gasteiger partial charge in [-0.2, -0.15) is 0 Å². The molecule has 2 atom stereocenters. The van der Waals surface area contributed by atoms with E-state index in [0.29, 0.717) is 12.6 Å². The Morgan fingerprint density at radius 2 is 2.07 bits per heavy atom. The molecule has 158 valence electrons. The fraction of sp³-hybridized carbons (Fsp3) is 0.545. The number of likely N-dealkylation sites (tertiary alicyclic amines) is 1. The molecule has 7 heteroatoms. The highest BCUT2D eigenvalue weighted by Gasteiger charge is 2.41. The summed E-state index contributed by atoms with van der Waals surface area (Å²) in [6, 6.07) is 10.9. The quantitative estimate of drug-likeness (QED) is 0.442. The predicted molar refractivity (Wildman–Crippen MR) is 116 cm³/mol. The van der Waals surface area contributed by atoms with E-state index in [1.54, 1.807) is 19.0 Å². The van der Waals surface area contributed by atoms with Gasteiger partial charge in [0.25, 0.3) is 0 Å². The molecule has 29 heavy (non-hydrogen) atoms. The molecule has 2 aliphatic heterocycles. The Labute approximate surface area is 174 Å². The van der Waals surface area contributed by atoms with E-state index >= 15 is 0 Å². The Morgan fingerprint density at radius 3 is 2.76 bits per heavy atom. The molecule has 3 rings (SSSR count). The van der Waals surface area contributed by atoms with Gasteiger partial charge in [0.15, 0.2) is 5.96 Å². The van der Waals surface area contributed by atoms with Crippen LogP contribution in [0.25, 0.3) is 0 Å². The number of aliphatic imine (C=N–C) groups is 1. The van der Waals surface area contributed by atoms with Crippen LogP contribution in [0.3, 0.4) is 0 Å². The Balaban J connectivity index is 1.70. The summed E-state index contributed by atoms with van der Waals surface area (Å²) in [5, 5.41) is 3.36. The minimum Gasteiger partial charge on any atom is -0.373 e. The number of guanidine groups is 1. The van der Waals surface area contributed by atoms with Gasteiger partial charge in [0.1, 0.15) is 6.54 Å². The van der Waals surface area contributed by atoms with Gasteiger partial charge in [-0.25, -0.2) is 4.99 Å². The van der Waals surface area contributed by atoms with Crippen LogP contribution in [0.1, 0.15) is 12.5 Å². The number of nitrogens with zero attached hydrogens (tertiary/aromatic N) is 4. The minimum atomic E-state index is -0.0156. The van der Waals surface area contributed by atoms with Crippen molar-refractivity contribution in [2.45, 2.75) is 25.6 Å². The Bertz CT molecular complexity index is 734. The normalized spacial score (nSPS) is 22.3. The fourth-order valence-corrected chi connectivity index (χ4v) is 3.73. The van der Waals surface area contributed by atoms with Crippen molar-refractivity contribution in [3.8, 4) is 0 Å². The Hall–Kier alpha value is -2.38. The van der Waals surface area contributed by atoms with E-state index in [2.05, 4.69) is 51.0 Å². The molecule has 0 bridgehead atoms. The SMILES string of the molecule is C=C(C)CNC(=NCC(=O)N(C)C)N1CC2OCCN(Cc3ccccc3)C2C1. The van der Waals surface area contributed by atoms with E-state index in [1.165, 1.54) is 5.56 Å². The lowest BCUT2D eigenvalue weighted by atomic mass is 10.1. The average molecular weight is 400 g/mol. The summed E-state index contributed by atoms with van der Waals surface area (Å²) in [5.74, 6) is 0.735. The third-order valence-electron chi connectivity index (χ3n) is 5.36. The minimum absolute atomic E-state index is 0.0156. The standard InChI is InChI=1S/C22H33N5O2/c1-17(2)12-23-22(24-13-21(28)25(3)4)27-15-19-20(16-27)29-11-10-26(19)14-18-8-6-5-7-9-18/h5-9,19-20H,1,10-16H2,2-4H3,(H,23,24). The summed E-state index contributed by atoms with van der Waals surface area (Å²) >= 11 is 0. The summed E-state index contributed by atoms with van der Waals surface area (Å²) in [7, 11) is 3.50. The van der Waals surface area contributed by atoms with Crippen LogP contribution in [0, 0.1) is 0 Å². The number of nitrogens with one attached hydrogen (secondary N) is 1. The maximum absolute atomic E-state index is 12.0. The molecule has 2 fully saturated rings. The molecule has 2 saturated heterocycles. The number of hydrogen-bond acceptors (Lipinski definition) is 4. The molecule has 0 aliphatic carbocycles. The first-order valence-electron chi connectivity index (χ1n) is 10.2. The summed E-state index contributed by atoms with van der Waals surface area (Å²) in [4.78, 5) is 22.9. The van der Waals surface area contributed by atoms with E-state index in [1.807, 2.05) is 13.0 Å². The molecule has 2 aliphatic rings. The zero-order valence-electron chi connectivity index (χ0n) is 17.8. The topological polar surface area (TPSA) is 60.4 Å². The molecule has 2 heterocycles. The molecule has 0 aromatic heterocycles. The highest BCUT2D eigenvalue weighted by molar-refractivity contribution is 5.85. The number of likely N-dealkylation sites (N-methyl/N-ethyl adjacent to an activating group) is 1. The number of ether oxygens (including phenoxy) is 1. The van der Waals surface area contributed by atoms with Crippen molar-refractivity contribution >= 4 is 11.9 Å². The van der Waals surface area contributed by atoms with Gasteiger partial charge in [-0.15, -0.1) is 0 Å². The van der Waals surface area contributed by atoms with Crippen molar-refractivity contribution in [1.82, 2.24) is 20.0 Å². The van der Waals surface area contributed by atoms with Crippen molar-refractivity contribution in [2.24, 2.45) is 4.99 Å². The number of morpholine rings is 1. The van der Waals surface area contributed by atoms with Gasteiger partial charge >= 0.3 is 0 Å². The van der Waals surface area contributed by atoms with Crippen LogP contribution >= 0.6 is 0 Å². The molecule has 1 aromatic carbocycles. The maximum atomic E-state index is 12.0. The molecule has 7 nitrogen and oxygen atoms in total. The van der Waals surface area contributed by atoms with Crippen molar-refractivity contribution < 1.29 is 9.53 Å². The van der Waals surface area contributed by atoms with Crippen LogP contribution in [-0.4, -0.2) is 92.1 Å². The van der Waals surface area contributed by atoms with Gasteiger partial charge in [0.2, 0.25) is 5.91 Å². The molecule has 2 unspecified atom stereocenters. The third-order valence-corrected chi connectivity index (χ3v) is 5.36. The van der Waals surface area contributed by atoms with E-state index in [9.17, 15) is 4.79 Å². The van der Waals surface area contributed by atoms with E-state index in [-0.39, 0.29) is 18.6 Å². The summed E-state index contributed by atoms with van der Waals surface area (Å²) in [6.07, 6.45) is 0.147. The van der Waals surface area contributed by atoms with Crippen LogP contribution in [0.2, 0.25) is 0 Å². The molecular formula is C22H33N5O2. The lowest BCUT2D eigenvalue weighted by Gasteiger charge is -2.36. The van der Waals surface area contributed by atoms with Crippen LogP contribution < -0.4 is 5.32 Å². The number of carbonyl (C=O) groups is 1. The molecule has 0 spiro atoms. The number of fused-ring (bicyclic) bond motifs is 1. The van der Waals surface area contributed by atoms with E-state index in [0.717, 1.165) is 44.3 Å². The molecule has 1 N–H and O–H groups in total. The number of rotatable bonds is 6. The first-order chi connectivity index (χ1) is 13.9. The second kappa shape index (κ2) is 9.89. The van der Waals surface area contributed by atoms with Crippen molar-refractivity contribution in [3.63, 3.8) is 0 Å². The van der Waals surface area contributed by atoms with E-state index < -0.39 is 0 Å². The number of hydrogen-bond donors (Lipinski definition) is 1. The smallest absolute Gasteiger partial charge is 0.243 e. The van der Waals surface area contributed by atoms with Crippen LogP contribution in [-0.2, 0) is 16.1 Å². The lowest BCUT2D eigenvalue weighted by Crippen LogP contribution is -2.50. The van der Waals surface area contributed by atoms with Crippen LogP contribution in [0.4, 0.5) is 0 Å². The largest absolute Gasteiger partial charge is 0.373 e. The van der Waals surface area contributed by atoms with Gasteiger partial charge in [0.05, 0.1) is 18.8 Å². The van der Waals surface area contributed by atoms with Crippen LogP contribution in [0.5, 0.6) is 0 Å². The van der Waals surface area contributed by atoms with Gasteiger partial charge < -0.3 is 19.9 Å². The zero-order chi connectivity index (χ0) is 20.8. The summed E-state index contributed by atoms with van der Waals surface area (Å²) in [6.45, 7) is 10.9. The molecular weight excluding hydrogens is 366 g/mol. The number of amides is 1. The molecule has 0 radical (unpaired) electrons. The maximum Gasteiger partial charge on any atom is 0.243 e. The fourth-order valence-electron chi connectivity index (χ4n) is 3.73. The first-order valence-corrected chi connectivity index (χ1v) is 10.2. The second-order valence-corrected chi connectivity index (χ2v) is 8.08. The second-order valence-electron chi connectivity index (χ2n) is 8.08. The van der Waals surface area contributed by atoms with Crippen molar-refractivity contribution in [3.05, 3.63) is 48.0 Å². The van der Waals surface area contributed by atoms with Gasteiger partial charge in [-0.3, -0.25) is 9.69 Å². The lowest BCUT2D eigenvalue weighted by molar-refractivity contribution is -0.127. The molecule has 0 saturated carbocycles. The number of carbonyl (C=O) groups excluding carboxylic acids is 1. The highest BCUT2D eigenvalue weighted by atomic mass is 16.5. The molecule has 1 amide bonds. The van der Waals surface area contributed by atoms with Crippen LogP contribution in [0.15, 0.2) is 47.5 Å². The average Bonchev–Trinajstić information content (AvgIpc) is 3.13.